The monoisotopic (exact) mass is 471 g/mol. The van der Waals surface area contributed by atoms with E-state index in [-0.39, 0.29) is 6.01 Å². The molecule has 0 radical (unpaired) electrons. The Bertz CT molecular complexity index is 1060. The van der Waals surface area contributed by atoms with Crippen LogP contribution in [0.1, 0.15) is 45.0 Å². The zero-order chi connectivity index (χ0) is 23.8. The number of thioether (sulfide) groups is 1. The second-order valence-corrected chi connectivity index (χ2v) is 8.81. The number of carbonyl (C=O) groups is 1. The van der Waals surface area contributed by atoms with Crippen molar-refractivity contribution < 1.29 is 23.4 Å². The predicted molar refractivity (Wildman–Crippen MR) is 129 cm³/mol. The maximum atomic E-state index is 12.9. The fourth-order valence-electron chi connectivity index (χ4n) is 3.05. The summed E-state index contributed by atoms with van der Waals surface area (Å²) in [6, 6.07) is 11.1. The fourth-order valence-corrected chi connectivity index (χ4v) is 3.95. The van der Waals surface area contributed by atoms with Gasteiger partial charge in [-0.3, -0.25) is 10.1 Å². The summed E-state index contributed by atoms with van der Waals surface area (Å²) >= 11 is 1.74. The first-order valence-corrected chi connectivity index (χ1v) is 11.8. The lowest BCUT2D eigenvalue weighted by Crippen LogP contribution is -2.13. The number of rotatable bonds is 11. The molecule has 0 aliphatic rings. The SMILES string of the molecule is CCOc1cc(C(=O)Nc2nnc(-c3cccc(SC(C)C)c3)o2)cc(OCC)c1OCC. The van der Waals surface area contributed by atoms with Crippen LogP contribution in [0.15, 0.2) is 45.7 Å². The normalized spacial score (nSPS) is 10.8. The number of aromatic nitrogens is 2. The molecule has 0 saturated carbocycles. The minimum Gasteiger partial charge on any atom is -0.490 e. The van der Waals surface area contributed by atoms with Gasteiger partial charge in [-0.05, 0) is 51.1 Å². The van der Waals surface area contributed by atoms with Crippen molar-refractivity contribution in [3.05, 3.63) is 42.0 Å². The van der Waals surface area contributed by atoms with E-state index in [2.05, 4.69) is 29.4 Å². The van der Waals surface area contributed by atoms with Crippen LogP contribution in [0.3, 0.4) is 0 Å². The lowest BCUT2D eigenvalue weighted by Gasteiger charge is -2.16. The molecule has 1 N–H and O–H groups in total. The number of hydrogen-bond acceptors (Lipinski definition) is 8. The average Bonchev–Trinajstić information content (AvgIpc) is 3.24. The maximum absolute atomic E-state index is 12.9. The molecular formula is C24H29N3O5S. The Labute approximate surface area is 198 Å². The number of amides is 1. The molecule has 0 atom stereocenters. The second kappa shape index (κ2) is 11.6. The molecule has 3 rings (SSSR count). The molecule has 8 nitrogen and oxygen atoms in total. The Hall–Kier alpha value is -3.20. The molecule has 0 fully saturated rings. The van der Waals surface area contributed by atoms with Gasteiger partial charge < -0.3 is 18.6 Å². The number of anilines is 1. The van der Waals surface area contributed by atoms with Gasteiger partial charge in [-0.25, -0.2) is 0 Å². The van der Waals surface area contributed by atoms with Crippen LogP contribution in [0.4, 0.5) is 6.01 Å². The molecule has 1 amide bonds. The Morgan fingerprint density at radius 1 is 1.00 bits per heavy atom. The predicted octanol–water partition coefficient (Wildman–Crippen LogP) is 5.69. The van der Waals surface area contributed by atoms with Gasteiger partial charge in [0.1, 0.15) is 0 Å². The third-order valence-corrected chi connectivity index (χ3v) is 5.27. The lowest BCUT2D eigenvalue weighted by atomic mass is 10.1. The van der Waals surface area contributed by atoms with Crippen molar-refractivity contribution in [1.29, 1.82) is 0 Å². The van der Waals surface area contributed by atoms with Gasteiger partial charge in [0.15, 0.2) is 11.5 Å². The van der Waals surface area contributed by atoms with Crippen molar-refractivity contribution in [2.75, 3.05) is 25.1 Å². The van der Waals surface area contributed by atoms with Gasteiger partial charge in [0.05, 0.1) is 19.8 Å². The summed E-state index contributed by atoms with van der Waals surface area (Å²) in [4.78, 5) is 14.0. The van der Waals surface area contributed by atoms with E-state index < -0.39 is 5.91 Å². The van der Waals surface area contributed by atoms with Crippen LogP contribution >= 0.6 is 11.8 Å². The van der Waals surface area contributed by atoms with Gasteiger partial charge >= 0.3 is 6.01 Å². The van der Waals surface area contributed by atoms with Crippen molar-refractivity contribution in [2.45, 2.75) is 44.8 Å². The quantitative estimate of drug-likeness (QED) is 0.357. The third-order valence-electron chi connectivity index (χ3n) is 4.27. The Morgan fingerprint density at radius 3 is 2.27 bits per heavy atom. The van der Waals surface area contributed by atoms with Crippen molar-refractivity contribution in [2.24, 2.45) is 0 Å². The Balaban J connectivity index is 1.82. The molecular weight excluding hydrogens is 442 g/mol. The highest BCUT2D eigenvalue weighted by Crippen LogP contribution is 2.39. The molecule has 176 valence electrons. The number of hydrogen-bond donors (Lipinski definition) is 1. The molecule has 1 heterocycles. The van der Waals surface area contributed by atoms with Gasteiger partial charge in [0.25, 0.3) is 5.91 Å². The van der Waals surface area contributed by atoms with E-state index in [4.69, 9.17) is 18.6 Å². The summed E-state index contributed by atoms with van der Waals surface area (Å²) in [7, 11) is 0. The standard InChI is InChI=1S/C24H29N3O5S/c1-6-29-19-13-17(14-20(30-7-2)21(19)31-8-3)22(28)25-24-27-26-23(32-24)16-10-9-11-18(12-16)33-15(4)5/h9-15H,6-8H2,1-5H3,(H,25,27,28). The van der Waals surface area contributed by atoms with Crippen molar-refractivity contribution in [3.63, 3.8) is 0 Å². The van der Waals surface area contributed by atoms with E-state index in [1.165, 1.54) is 0 Å². The van der Waals surface area contributed by atoms with E-state index in [1.54, 1.807) is 23.9 Å². The summed E-state index contributed by atoms with van der Waals surface area (Å²) in [6.45, 7) is 11.1. The van der Waals surface area contributed by atoms with E-state index in [9.17, 15) is 4.79 Å². The van der Waals surface area contributed by atoms with Crippen LogP contribution in [0.25, 0.3) is 11.5 Å². The first-order chi connectivity index (χ1) is 15.9. The number of ether oxygens (including phenoxy) is 3. The van der Waals surface area contributed by atoms with E-state index in [1.807, 2.05) is 45.0 Å². The minimum absolute atomic E-state index is 0.00159. The Kier molecular flexibility index (Phi) is 8.59. The summed E-state index contributed by atoms with van der Waals surface area (Å²) in [5.41, 5.74) is 1.10. The zero-order valence-electron chi connectivity index (χ0n) is 19.5. The van der Waals surface area contributed by atoms with Gasteiger partial charge in [-0.15, -0.1) is 16.9 Å². The molecule has 9 heteroatoms. The van der Waals surface area contributed by atoms with Gasteiger partial charge in [-0.2, -0.15) is 0 Å². The molecule has 33 heavy (non-hydrogen) atoms. The van der Waals surface area contributed by atoms with Crippen LogP contribution in [0.2, 0.25) is 0 Å². The highest BCUT2D eigenvalue weighted by Gasteiger charge is 2.20. The molecule has 0 aliphatic heterocycles. The van der Waals surface area contributed by atoms with Gasteiger partial charge in [0.2, 0.25) is 11.6 Å². The highest BCUT2D eigenvalue weighted by molar-refractivity contribution is 7.99. The van der Waals surface area contributed by atoms with Crippen LogP contribution in [-0.2, 0) is 0 Å². The summed E-state index contributed by atoms with van der Waals surface area (Å²) in [6.07, 6.45) is 0. The van der Waals surface area contributed by atoms with Crippen LogP contribution in [0, 0.1) is 0 Å². The number of nitrogens with zero attached hydrogens (tertiary/aromatic N) is 2. The van der Waals surface area contributed by atoms with Gasteiger partial charge in [-0.1, -0.05) is 25.0 Å². The first-order valence-electron chi connectivity index (χ1n) is 10.9. The summed E-state index contributed by atoms with van der Waals surface area (Å²) in [5.74, 6) is 1.23. The summed E-state index contributed by atoms with van der Waals surface area (Å²) < 4.78 is 22.7. The molecule has 0 bridgehead atoms. The molecule has 3 aromatic rings. The van der Waals surface area contributed by atoms with Crippen molar-refractivity contribution >= 4 is 23.7 Å². The van der Waals surface area contributed by atoms with E-state index >= 15 is 0 Å². The van der Waals surface area contributed by atoms with Crippen LogP contribution in [-0.4, -0.2) is 41.2 Å². The molecule has 0 saturated heterocycles. The minimum atomic E-state index is -0.431. The largest absolute Gasteiger partial charge is 0.490 e. The van der Waals surface area contributed by atoms with Crippen molar-refractivity contribution in [1.82, 2.24) is 10.2 Å². The molecule has 0 spiro atoms. The number of benzene rings is 2. The summed E-state index contributed by atoms with van der Waals surface area (Å²) in [5, 5.41) is 11.1. The molecule has 1 aromatic heterocycles. The number of carbonyl (C=O) groups excluding carboxylic acids is 1. The maximum Gasteiger partial charge on any atom is 0.322 e. The first kappa shape index (κ1) is 24.4. The van der Waals surface area contributed by atoms with Crippen LogP contribution < -0.4 is 19.5 Å². The fraction of sp³-hybridized carbons (Fsp3) is 0.375. The Morgan fingerprint density at radius 2 is 1.67 bits per heavy atom. The second-order valence-electron chi connectivity index (χ2n) is 7.16. The zero-order valence-corrected chi connectivity index (χ0v) is 20.3. The smallest absolute Gasteiger partial charge is 0.322 e. The van der Waals surface area contributed by atoms with E-state index in [0.29, 0.717) is 53.8 Å². The number of nitrogens with one attached hydrogen (secondary N) is 1. The lowest BCUT2D eigenvalue weighted by molar-refractivity contribution is 0.102. The van der Waals surface area contributed by atoms with Gasteiger partial charge in [0, 0.05) is 21.3 Å². The highest BCUT2D eigenvalue weighted by atomic mass is 32.2. The van der Waals surface area contributed by atoms with Crippen molar-refractivity contribution in [3.8, 4) is 28.7 Å². The van der Waals surface area contributed by atoms with Crippen LogP contribution in [0.5, 0.6) is 17.2 Å². The average molecular weight is 472 g/mol. The molecule has 2 aromatic carbocycles. The third kappa shape index (κ3) is 6.41. The topological polar surface area (TPSA) is 95.7 Å². The van der Waals surface area contributed by atoms with E-state index in [0.717, 1.165) is 10.5 Å². The molecule has 0 aliphatic carbocycles. The molecule has 0 unspecified atom stereocenters.